The second-order valence-corrected chi connectivity index (χ2v) is 4.55. The van der Waals surface area contributed by atoms with Crippen molar-refractivity contribution in [1.82, 2.24) is 15.0 Å². The van der Waals surface area contributed by atoms with Crippen molar-refractivity contribution in [2.24, 2.45) is 7.05 Å². The molecule has 0 aliphatic rings. The van der Waals surface area contributed by atoms with Gasteiger partial charge in [0.2, 0.25) is 0 Å². The van der Waals surface area contributed by atoms with Crippen molar-refractivity contribution >= 4 is 5.69 Å². The molecule has 0 spiro atoms. The fourth-order valence-corrected chi connectivity index (χ4v) is 1.76. The van der Waals surface area contributed by atoms with Crippen molar-refractivity contribution < 1.29 is 4.74 Å². The maximum atomic E-state index is 5.77. The molecule has 0 aliphatic carbocycles. The van der Waals surface area contributed by atoms with Crippen molar-refractivity contribution in [3.63, 3.8) is 0 Å². The monoisotopic (exact) mass is 260 g/mol. The van der Waals surface area contributed by atoms with Gasteiger partial charge in [-0.25, -0.2) is 0 Å². The zero-order chi connectivity index (χ0) is 13.7. The van der Waals surface area contributed by atoms with E-state index >= 15 is 0 Å². The highest BCUT2D eigenvalue weighted by molar-refractivity contribution is 5.57. The smallest absolute Gasteiger partial charge is 0.142 e. The summed E-state index contributed by atoms with van der Waals surface area (Å²) < 4.78 is 7.52. The Balaban J connectivity index is 2.08. The van der Waals surface area contributed by atoms with Gasteiger partial charge in [-0.15, -0.1) is 5.10 Å². The van der Waals surface area contributed by atoms with Gasteiger partial charge in [-0.05, 0) is 31.0 Å². The maximum absolute atomic E-state index is 5.77. The molecule has 5 nitrogen and oxygen atoms in total. The molecule has 0 bridgehead atoms. The molecule has 0 radical (unpaired) electrons. The van der Waals surface area contributed by atoms with Crippen molar-refractivity contribution in [3.05, 3.63) is 35.7 Å². The van der Waals surface area contributed by atoms with Gasteiger partial charge in [0.15, 0.2) is 0 Å². The predicted octanol–water partition coefficient (Wildman–Crippen LogP) is 2.52. The lowest BCUT2D eigenvalue weighted by Crippen LogP contribution is -2.07. The molecule has 0 fully saturated rings. The summed E-state index contributed by atoms with van der Waals surface area (Å²) in [6.07, 6.45) is 2.76. The fourth-order valence-electron chi connectivity index (χ4n) is 1.76. The van der Waals surface area contributed by atoms with E-state index < -0.39 is 0 Å². The van der Waals surface area contributed by atoms with Crippen LogP contribution in [0.1, 0.15) is 24.6 Å². The minimum absolute atomic E-state index is 0.676. The zero-order valence-electron chi connectivity index (χ0n) is 11.7. The third-order valence-corrected chi connectivity index (χ3v) is 2.87. The minimum Gasteiger partial charge on any atom is -0.491 e. The van der Waals surface area contributed by atoms with Crippen molar-refractivity contribution in [1.29, 1.82) is 0 Å². The van der Waals surface area contributed by atoms with Crippen molar-refractivity contribution in [3.8, 4) is 5.75 Å². The van der Waals surface area contributed by atoms with Gasteiger partial charge in [0.25, 0.3) is 0 Å². The van der Waals surface area contributed by atoms with Crippen molar-refractivity contribution in [2.75, 3.05) is 11.9 Å². The number of ether oxygens (including phenoxy) is 1. The number of benzene rings is 1. The van der Waals surface area contributed by atoms with Gasteiger partial charge in [0, 0.05) is 7.05 Å². The van der Waals surface area contributed by atoms with Crippen LogP contribution >= 0.6 is 0 Å². The molecule has 102 valence electrons. The number of aromatic nitrogens is 3. The highest BCUT2D eigenvalue weighted by Crippen LogP contribution is 2.26. The number of rotatable bonds is 6. The predicted molar refractivity (Wildman–Crippen MR) is 75.3 cm³/mol. The lowest BCUT2D eigenvalue weighted by molar-refractivity contribution is 0.318. The molecule has 0 amide bonds. The Labute approximate surface area is 113 Å². The Morgan fingerprint density at radius 2 is 2.21 bits per heavy atom. The first-order valence-electron chi connectivity index (χ1n) is 6.51. The van der Waals surface area contributed by atoms with E-state index in [2.05, 4.69) is 41.6 Å². The van der Waals surface area contributed by atoms with E-state index in [-0.39, 0.29) is 0 Å². The van der Waals surface area contributed by atoms with Gasteiger partial charge in [-0.2, -0.15) is 0 Å². The Morgan fingerprint density at radius 3 is 2.89 bits per heavy atom. The molecular weight excluding hydrogens is 240 g/mol. The lowest BCUT2D eigenvalue weighted by Gasteiger charge is -2.13. The fraction of sp³-hybridized carbons (Fsp3) is 0.429. The van der Waals surface area contributed by atoms with Gasteiger partial charge < -0.3 is 10.1 Å². The lowest BCUT2D eigenvalue weighted by atomic mass is 10.2. The molecular formula is C14H20N4O. The maximum Gasteiger partial charge on any atom is 0.142 e. The number of nitrogens with zero attached hydrogens (tertiary/aromatic N) is 3. The highest BCUT2D eigenvalue weighted by atomic mass is 16.5. The van der Waals surface area contributed by atoms with Gasteiger partial charge in [-0.1, -0.05) is 18.2 Å². The normalized spacial score (nSPS) is 10.5. The SMILES string of the molecule is CCCOc1cc(C)ccc1NCc1cnnn1C. The molecule has 2 rings (SSSR count). The first kappa shape index (κ1) is 13.4. The van der Waals surface area contributed by atoms with Crippen LogP contribution in [0.2, 0.25) is 0 Å². The molecule has 0 unspecified atom stereocenters. The van der Waals surface area contributed by atoms with Crippen LogP contribution in [-0.2, 0) is 13.6 Å². The molecule has 0 atom stereocenters. The first-order valence-corrected chi connectivity index (χ1v) is 6.51. The zero-order valence-corrected chi connectivity index (χ0v) is 11.7. The van der Waals surface area contributed by atoms with Gasteiger partial charge in [-0.3, -0.25) is 4.68 Å². The summed E-state index contributed by atoms with van der Waals surface area (Å²) in [6.45, 7) is 5.57. The number of hydrogen-bond acceptors (Lipinski definition) is 4. The molecule has 1 aromatic heterocycles. The average molecular weight is 260 g/mol. The third-order valence-electron chi connectivity index (χ3n) is 2.87. The Bertz CT molecular complexity index is 536. The van der Waals surface area contributed by atoms with Gasteiger partial charge in [0.05, 0.1) is 30.7 Å². The van der Waals surface area contributed by atoms with Crippen LogP contribution in [0.4, 0.5) is 5.69 Å². The second-order valence-electron chi connectivity index (χ2n) is 4.55. The molecule has 1 aromatic carbocycles. The molecule has 2 aromatic rings. The van der Waals surface area contributed by atoms with Gasteiger partial charge in [0.1, 0.15) is 5.75 Å². The topological polar surface area (TPSA) is 52.0 Å². The summed E-state index contributed by atoms with van der Waals surface area (Å²) in [5, 5.41) is 11.1. The average Bonchev–Trinajstić information content (AvgIpc) is 2.81. The van der Waals surface area contributed by atoms with E-state index in [1.807, 2.05) is 13.1 Å². The van der Waals surface area contributed by atoms with Crippen LogP contribution in [0.5, 0.6) is 5.75 Å². The van der Waals surface area contributed by atoms with Crippen LogP contribution in [0.15, 0.2) is 24.4 Å². The Hall–Kier alpha value is -2.04. The van der Waals surface area contributed by atoms with Crippen molar-refractivity contribution in [2.45, 2.75) is 26.8 Å². The number of anilines is 1. The first-order chi connectivity index (χ1) is 9.20. The summed E-state index contributed by atoms with van der Waals surface area (Å²) in [4.78, 5) is 0. The summed E-state index contributed by atoms with van der Waals surface area (Å²) in [5.41, 5.74) is 3.22. The van der Waals surface area contributed by atoms with Crippen LogP contribution in [0.25, 0.3) is 0 Å². The van der Waals surface area contributed by atoms with E-state index in [4.69, 9.17) is 4.74 Å². The van der Waals surface area contributed by atoms with Crippen LogP contribution in [0, 0.1) is 6.92 Å². The van der Waals surface area contributed by atoms with Crippen LogP contribution in [0.3, 0.4) is 0 Å². The number of nitrogens with one attached hydrogen (secondary N) is 1. The Morgan fingerprint density at radius 1 is 1.37 bits per heavy atom. The minimum atomic E-state index is 0.676. The van der Waals surface area contributed by atoms with Crippen LogP contribution in [-0.4, -0.2) is 21.6 Å². The summed E-state index contributed by atoms with van der Waals surface area (Å²) in [5.74, 6) is 0.900. The van der Waals surface area contributed by atoms with E-state index in [1.54, 1.807) is 10.9 Å². The molecule has 0 aliphatic heterocycles. The van der Waals surface area contributed by atoms with Gasteiger partial charge >= 0.3 is 0 Å². The molecule has 0 saturated carbocycles. The van der Waals surface area contributed by atoms with E-state index in [0.717, 1.165) is 30.2 Å². The number of aryl methyl sites for hydroxylation is 2. The summed E-state index contributed by atoms with van der Waals surface area (Å²) in [7, 11) is 1.88. The standard InChI is InChI=1S/C14H20N4O/c1-4-7-19-14-8-11(2)5-6-13(14)15-9-12-10-16-17-18(12)3/h5-6,8,10,15H,4,7,9H2,1-3H3. The molecule has 1 N–H and O–H groups in total. The summed E-state index contributed by atoms with van der Waals surface area (Å²) >= 11 is 0. The van der Waals surface area contributed by atoms with E-state index in [1.165, 1.54) is 5.56 Å². The highest BCUT2D eigenvalue weighted by Gasteiger charge is 2.05. The summed E-state index contributed by atoms with van der Waals surface area (Å²) in [6, 6.07) is 6.17. The second kappa shape index (κ2) is 6.22. The van der Waals surface area contributed by atoms with Crippen LogP contribution < -0.4 is 10.1 Å². The number of hydrogen-bond donors (Lipinski definition) is 1. The van der Waals surface area contributed by atoms with E-state index in [9.17, 15) is 0 Å². The Kier molecular flexibility index (Phi) is 4.39. The molecule has 0 saturated heterocycles. The molecule has 19 heavy (non-hydrogen) atoms. The largest absolute Gasteiger partial charge is 0.491 e. The van der Waals surface area contributed by atoms with E-state index in [0.29, 0.717) is 6.54 Å². The molecule has 5 heteroatoms. The third kappa shape index (κ3) is 3.47. The molecule has 1 heterocycles. The quantitative estimate of drug-likeness (QED) is 0.867.